The van der Waals surface area contributed by atoms with Crippen molar-refractivity contribution in [2.24, 2.45) is 0 Å². The third-order valence-corrected chi connectivity index (χ3v) is 5.64. The van der Waals surface area contributed by atoms with Gasteiger partial charge in [0.2, 0.25) is 5.95 Å². The Bertz CT molecular complexity index is 1050. The molecule has 4 N–H and O–H groups in total. The molecule has 7 nitrogen and oxygen atoms in total. The molecule has 0 radical (unpaired) electrons. The minimum Gasteiger partial charge on any atom is -0.322 e. The molecule has 1 aliphatic heterocycles. The molecule has 9 heteroatoms. The van der Waals surface area contributed by atoms with Gasteiger partial charge in [0.25, 0.3) is 0 Å². The van der Waals surface area contributed by atoms with Crippen molar-refractivity contribution in [1.82, 2.24) is 25.5 Å². The van der Waals surface area contributed by atoms with E-state index < -0.39 is 0 Å². The van der Waals surface area contributed by atoms with E-state index in [9.17, 15) is 4.39 Å². The van der Waals surface area contributed by atoms with E-state index in [1.54, 1.807) is 6.07 Å². The summed E-state index contributed by atoms with van der Waals surface area (Å²) in [7, 11) is 0. The van der Waals surface area contributed by atoms with Gasteiger partial charge in [0, 0.05) is 17.8 Å². The van der Waals surface area contributed by atoms with Gasteiger partial charge in [0.05, 0.1) is 11.9 Å². The van der Waals surface area contributed by atoms with Gasteiger partial charge >= 0.3 is 0 Å². The third-order valence-electron chi connectivity index (χ3n) is 5.36. The number of nitrogens with one attached hydrogen (secondary N) is 4. The van der Waals surface area contributed by atoms with Crippen LogP contribution >= 0.6 is 11.6 Å². The molecule has 0 amide bonds. The zero-order valence-corrected chi connectivity index (χ0v) is 17.9. The summed E-state index contributed by atoms with van der Waals surface area (Å²) in [6, 6.07) is 5.73. The number of hydrogen-bond acceptors (Lipinski definition) is 6. The molecule has 30 heavy (non-hydrogen) atoms. The van der Waals surface area contributed by atoms with Crippen LogP contribution in [-0.4, -0.2) is 32.8 Å². The number of hydrogen-bond donors (Lipinski definition) is 4. The highest BCUT2D eigenvalue weighted by Gasteiger charge is 2.22. The Morgan fingerprint density at radius 3 is 2.77 bits per heavy atom. The molecular formula is C21H25ClFN7. The molecule has 4 rings (SSSR count). The summed E-state index contributed by atoms with van der Waals surface area (Å²) in [6.45, 7) is 7.03. The predicted molar refractivity (Wildman–Crippen MR) is 118 cm³/mol. The minimum absolute atomic E-state index is 0.246. The monoisotopic (exact) mass is 429 g/mol. The van der Waals surface area contributed by atoms with Crippen molar-refractivity contribution in [1.29, 1.82) is 0 Å². The number of benzene rings is 1. The number of aromatic amines is 1. The average Bonchev–Trinajstić information content (AvgIpc) is 3.11. The molecule has 1 aliphatic rings. The van der Waals surface area contributed by atoms with Crippen LogP contribution < -0.4 is 16.0 Å². The summed E-state index contributed by atoms with van der Waals surface area (Å²) in [4.78, 5) is 8.55. The van der Waals surface area contributed by atoms with E-state index in [4.69, 9.17) is 11.6 Å². The first-order valence-corrected chi connectivity index (χ1v) is 10.4. The van der Waals surface area contributed by atoms with Crippen LogP contribution in [0, 0.1) is 19.7 Å². The Hall–Kier alpha value is -2.71. The zero-order valence-electron chi connectivity index (χ0n) is 17.2. The van der Waals surface area contributed by atoms with Crippen molar-refractivity contribution < 1.29 is 4.39 Å². The van der Waals surface area contributed by atoms with Gasteiger partial charge in [-0.15, -0.1) is 0 Å². The highest BCUT2D eigenvalue weighted by molar-refractivity contribution is 6.32. The van der Waals surface area contributed by atoms with Crippen LogP contribution in [0.1, 0.15) is 42.5 Å². The van der Waals surface area contributed by atoms with Gasteiger partial charge in [0.15, 0.2) is 11.6 Å². The molecule has 0 saturated carbocycles. The van der Waals surface area contributed by atoms with E-state index in [1.807, 2.05) is 26.0 Å². The van der Waals surface area contributed by atoms with Crippen molar-refractivity contribution in [2.75, 3.05) is 17.2 Å². The molecule has 1 aromatic carbocycles. The van der Waals surface area contributed by atoms with E-state index in [2.05, 4.69) is 43.0 Å². The molecule has 1 fully saturated rings. The predicted octanol–water partition coefficient (Wildman–Crippen LogP) is 4.95. The summed E-state index contributed by atoms with van der Waals surface area (Å²) in [5.74, 6) is 1.26. The van der Waals surface area contributed by atoms with E-state index >= 15 is 0 Å². The molecule has 0 aliphatic carbocycles. The molecule has 3 heterocycles. The van der Waals surface area contributed by atoms with Crippen molar-refractivity contribution in [3.05, 3.63) is 52.1 Å². The van der Waals surface area contributed by atoms with Crippen LogP contribution in [0.3, 0.4) is 0 Å². The maximum absolute atomic E-state index is 14.9. The van der Waals surface area contributed by atoms with Crippen LogP contribution in [0.5, 0.6) is 0 Å². The average molecular weight is 430 g/mol. The number of halogens is 2. The van der Waals surface area contributed by atoms with Gasteiger partial charge in [-0.05, 0) is 69.3 Å². The van der Waals surface area contributed by atoms with Crippen LogP contribution in [0.15, 0.2) is 24.4 Å². The van der Waals surface area contributed by atoms with E-state index in [0.29, 0.717) is 34.3 Å². The molecule has 0 spiro atoms. The molecule has 3 aromatic rings. The maximum atomic E-state index is 14.9. The highest BCUT2D eigenvalue weighted by atomic mass is 35.5. The second kappa shape index (κ2) is 8.57. The molecule has 1 saturated heterocycles. The van der Waals surface area contributed by atoms with Gasteiger partial charge in [-0.2, -0.15) is 10.1 Å². The lowest BCUT2D eigenvalue weighted by Gasteiger charge is -2.29. The Morgan fingerprint density at radius 1 is 1.20 bits per heavy atom. The minimum atomic E-state index is -0.322. The van der Waals surface area contributed by atoms with Gasteiger partial charge in [-0.25, -0.2) is 9.37 Å². The summed E-state index contributed by atoms with van der Waals surface area (Å²) >= 11 is 6.20. The zero-order chi connectivity index (χ0) is 21.3. The fraction of sp³-hybridized carbons (Fsp3) is 0.381. The highest BCUT2D eigenvalue weighted by Crippen LogP contribution is 2.33. The SMILES string of the molecule is Cc1cc(Nc2nc(Nc3cc(C)c([C@@H]4CCN[C@H](C)C4)cc3F)ncc2Cl)n[nH]1. The first kappa shape index (κ1) is 20.6. The van der Waals surface area contributed by atoms with Gasteiger partial charge in [-0.3, -0.25) is 5.10 Å². The van der Waals surface area contributed by atoms with Crippen LogP contribution in [0.2, 0.25) is 5.02 Å². The summed E-state index contributed by atoms with van der Waals surface area (Å²) in [6.07, 6.45) is 3.49. The number of piperidine rings is 1. The molecule has 0 bridgehead atoms. The number of H-pyrrole nitrogens is 1. The number of aryl methyl sites for hydroxylation is 2. The molecule has 158 valence electrons. The van der Waals surface area contributed by atoms with E-state index in [-0.39, 0.29) is 11.8 Å². The van der Waals surface area contributed by atoms with Crippen LogP contribution in [0.4, 0.5) is 27.7 Å². The quantitative estimate of drug-likeness (QED) is 0.458. The largest absolute Gasteiger partial charge is 0.322 e. The lowest BCUT2D eigenvalue weighted by Crippen LogP contribution is -2.35. The van der Waals surface area contributed by atoms with Crippen molar-refractivity contribution >= 4 is 34.9 Å². The first-order valence-electron chi connectivity index (χ1n) is 10.0. The molecule has 2 atom stereocenters. The lowest BCUT2D eigenvalue weighted by atomic mass is 9.84. The number of anilines is 4. The van der Waals surface area contributed by atoms with Crippen molar-refractivity contribution in [2.45, 2.75) is 45.6 Å². The van der Waals surface area contributed by atoms with E-state index in [1.165, 1.54) is 6.20 Å². The smallest absolute Gasteiger partial charge is 0.229 e. The number of nitrogens with zero attached hydrogens (tertiary/aromatic N) is 3. The molecular weight excluding hydrogens is 405 g/mol. The lowest BCUT2D eigenvalue weighted by molar-refractivity contribution is 0.379. The fourth-order valence-corrected chi connectivity index (χ4v) is 4.02. The molecule has 0 unspecified atom stereocenters. The summed E-state index contributed by atoms with van der Waals surface area (Å²) < 4.78 is 14.9. The Kier molecular flexibility index (Phi) is 5.87. The van der Waals surface area contributed by atoms with Crippen molar-refractivity contribution in [3.63, 3.8) is 0 Å². The van der Waals surface area contributed by atoms with Gasteiger partial charge < -0.3 is 16.0 Å². The van der Waals surface area contributed by atoms with Gasteiger partial charge in [-0.1, -0.05) is 11.6 Å². The second-order valence-electron chi connectivity index (χ2n) is 7.84. The third kappa shape index (κ3) is 4.55. The standard InChI is InChI=1S/C21H25ClFN7/c1-11-6-18(17(23)9-15(11)14-4-5-24-12(2)7-14)26-21-25-10-16(22)20(28-21)27-19-8-13(3)29-30-19/h6,8-10,12,14,24H,4-5,7H2,1-3H3,(H3,25,26,27,28,29,30)/t12-,14-/m1/s1. The summed E-state index contributed by atoms with van der Waals surface area (Å²) in [5, 5.41) is 16.7. The Balaban J connectivity index is 1.55. The number of rotatable bonds is 5. The Morgan fingerprint density at radius 2 is 2.03 bits per heavy atom. The van der Waals surface area contributed by atoms with Crippen LogP contribution in [0.25, 0.3) is 0 Å². The Labute approximate surface area is 179 Å². The number of aromatic nitrogens is 4. The summed E-state index contributed by atoms with van der Waals surface area (Å²) in [5.41, 5.74) is 3.36. The molecule has 2 aromatic heterocycles. The topological polar surface area (TPSA) is 90.6 Å². The van der Waals surface area contributed by atoms with E-state index in [0.717, 1.165) is 36.2 Å². The maximum Gasteiger partial charge on any atom is 0.229 e. The van der Waals surface area contributed by atoms with Crippen molar-refractivity contribution in [3.8, 4) is 0 Å². The first-order chi connectivity index (χ1) is 14.4. The van der Waals surface area contributed by atoms with Crippen LogP contribution in [-0.2, 0) is 0 Å². The van der Waals surface area contributed by atoms with Gasteiger partial charge in [0.1, 0.15) is 10.8 Å². The fourth-order valence-electron chi connectivity index (χ4n) is 3.89. The second-order valence-corrected chi connectivity index (χ2v) is 8.25. The normalized spacial score (nSPS) is 19.0.